The monoisotopic (exact) mass is 296 g/mol. The highest BCUT2D eigenvalue weighted by atomic mass is 35.5. The fourth-order valence-electron chi connectivity index (χ4n) is 3.69. The summed E-state index contributed by atoms with van der Waals surface area (Å²) in [6.07, 6.45) is 6.43. The van der Waals surface area contributed by atoms with E-state index in [1.54, 1.807) is 6.07 Å². The Bertz CT molecular complexity index is 466. The number of rotatable bonds is 3. The molecular weight excluding hydrogens is 275 g/mol. The maximum absolute atomic E-state index is 13.4. The van der Waals surface area contributed by atoms with Crippen molar-refractivity contribution in [3.63, 3.8) is 0 Å². The van der Waals surface area contributed by atoms with Gasteiger partial charge in [0.2, 0.25) is 0 Å². The lowest BCUT2D eigenvalue weighted by Gasteiger charge is -2.47. The molecular formula is C16H22ClFN2. The van der Waals surface area contributed by atoms with Gasteiger partial charge in [-0.2, -0.15) is 0 Å². The van der Waals surface area contributed by atoms with E-state index >= 15 is 0 Å². The Morgan fingerprint density at radius 3 is 2.65 bits per heavy atom. The van der Waals surface area contributed by atoms with E-state index in [0.29, 0.717) is 6.04 Å². The fourth-order valence-corrected chi connectivity index (χ4v) is 3.81. The molecule has 1 aromatic rings. The molecule has 110 valence electrons. The molecule has 2 saturated heterocycles. The normalized spacial score (nSPS) is 30.4. The average Bonchev–Trinajstić information content (AvgIpc) is 2.41. The third-order valence-corrected chi connectivity index (χ3v) is 5.23. The number of hydrogen-bond acceptors (Lipinski definition) is 2. The van der Waals surface area contributed by atoms with Gasteiger partial charge in [-0.1, -0.05) is 24.1 Å². The summed E-state index contributed by atoms with van der Waals surface area (Å²) in [6, 6.07) is 7.07. The van der Waals surface area contributed by atoms with Gasteiger partial charge in [-0.15, -0.1) is 0 Å². The Labute approximate surface area is 125 Å². The van der Waals surface area contributed by atoms with Gasteiger partial charge >= 0.3 is 0 Å². The van der Waals surface area contributed by atoms with Gasteiger partial charge in [0, 0.05) is 24.7 Å². The zero-order valence-electron chi connectivity index (χ0n) is 11.9. The van der Waals surface area contributed by atoms with Gasteiger partial charge in [-0.3, -0.25) is 0 Å². The van der Waals surface area contributed by atoms with Gasteiger partial charge in [0.1, 0.15) is 5.82 Å². The van der Waals surface area contributed by atoms with Crippen molar-refractivity contribution >= 4 is 11.6 Å². The quantitative estimate of drug-likeness (QED) is 0.917. The maximum atomic E-state index is 13.4. The SMILES string of the molecule is CN1C2CCCC1CC(NCc1ccc(Cl)c(F)c1)C2. The highest BCUT2D eigenvalue weighted by Gasteiger charge is 2.35. The molecule has 0 radical (unpaired) electrons. The molecule has 1 N–H and O–H groups in total. The second kappa shape index (κ2) is 6.00. The largest absolute Gasteiger partial charge is 0.310 e. The van der Waals surface area contributed by atoms with Crippen LogP contribution in [-0.2, 0) is 6.54 Å². The van der Waals surface area contributed by atoms with Gasteiger partial charge in [-0.05, 0) is 50.4 Å². The second-order valence-corrected chi connectivity index (χ2v) is 6.61. The van der Waals surface area contributed by atoms with Crippen LogP contribution in [0.25, 0.3) is 0 Å². The van der Waals surface area contributed by atoms with Crippen molar-refractivity contribution in [1.82, 2.24) is 10.2 Å². The molecule has 2 unspecified atom stereocenters. The first-order valence-electron chi connectivity index (χ1n) is 7.52. The van der Waals surface area contributed by atoms with Crippen LogP contribution in [-0.4, -0.2) is 30.1 Å². The second-order valence-electron chi connectivity index (χ2n) is 6.20. The first-order chi connectivity index (χ1) is 9.63. The van der Waals surface area contributed by atoms with Crippen LogP contribution in [0.4, 0.5) is 4.39 Å². The number of fused-ring (bicyclic) bond motifs is 2. The molecule has 0 amide bonds. The van der Waals surface area contributed by atoms with Crippen LogP contribution < -0.4 is 5.32 Å². The topological polar surface area (TPSA) is 15.3 Å². The number of nitrogens with one attached hydrogen (secondary N) is 1. The highest BCUT2D eigenvalue weighted by molar-refractivity contribution is 6.30. The first kappa shape index (κ1) is 14.3. The number of piperidine rings is 2. The minimum absolute atomic E-state index is 0.197. The van der Waals surface area contributed by atoms with E-state index in [9.17, 15) is 4.39 Å². The van der Waals surface area contributed by atoms with E-state index in [-0.39, 0.29) is 10.8 Å². The summed E-state index contributed by atoms with van der Waals surface area (Å²) >= 11 is 5.71. The van der Waals surface area contributed by atoms with Crippen LogP contribution in [0.5, 0.6) is 0 Å². The lowest BCUT2D eigenvalue weighted by Crippen LogP contribution is -2.54. The molecule has 2 bridgehead atoms. The molecule has 0 spiro atoms. The summed E-state index contributed by atoms with van der Waals surface area (Å²) in [7, 11) is 2.26. The third-order valence-electron chi connectivity index (χ3n) is 4.92. The lowest BCUT2D eigenvalue weighted by atomic mass is 9.82. The number of nitrogens with zero attached hydrogens (tertiary/aromatic N) is 1. The Morgan fingerprint density at radius 2 is 2.00 bits per heavy atom. The minimum atomic E-state index is -0.328. The zero-order valence-corrected chi connectivity index (χ0v) is 12.7. The molecule has 1 aromatic carbocycles. The van der Waals surface area contributed by atoms with Crippen molar-refractivity contribution in [1.29, 1.82) is 0 Å². The summed E-state index contributed by atoms with van der Waals surface area (Å²) in [5.41, 5.74) is 0.969. The Balaban J connectivity index is 1.57. The molecule has 4 heteroatoms. The molecule has 2 aliphatic heterocycles. The number of halogens is 2. The predicted molar refractivity (Wildman–Crippen MR) is 80.5 cm³/mol. The molecule has 2 atom stereocenters. The van der Waals surface area contributed by atoms with Gasteiger partial charge < -0.3 is 10.2 Å². The highest BCUT2D eigenvalue weighted by Crippen LogP contribution is 2.32. The molecule has 20 heavy (non-hydrogen) atoms. The Kier molecular flexibility index (Phi) is 4.29. The van der Waals surface area contributed by atoms with E-state index in [0.717, 1.165) is 24.2 Å². The van der Waals surface area contributed by atoms with Crippen LogP contribution in [0, 0.1) is 5.82 Å². The van der Waals surface area contributed by atoms with Crippen molar-refractivity contribution in [2.75, 3.05) is 7.05 Å². The van der Waals surface area contributed by atoms with E-state index in [2.05, 4.69) is 17.3 Å². The molecule has 2 fully saturated rings. The molecule has 0 saturated carbocycles. The zero-order chi connectivity index (χ0) is 14.1. The van der Waals surface area contributed by atoms with Crippen molar-refractivity contribution in [2.45, 2.75) is 56.8 Å². The van der Waals surface area contributed by atoms with Crippen molar-refractivity contribution in [2.24, 2.45) is 0 Å². The van der Waals surface area contributed by atoms with E-state index < -0.39 is 0 Å². The average molecular weight is 297 g/mol. The van der Waals surface area contributed by atoms with Crippen molar-refractivity contribution < 1.29 is 4.39 Å². The molecule has 3 rings (SSSR count). The van der Waals surface area contributed by atoms with Crippen LogP contribution in [0.3, 0.4) is 0 Å². The number of hydrogen-bond donors (Lipinski definition) is 1. The summed E-state index contributed by atoms with van der Waals surface area (Å²) in [5.74, 6) is -0.328. The molecule has 2 nitrogen and oxygen atoms in total. The minimum Gasteiger partial charge on any atom is -0.310 e. The molecule has 0 aromatic heterocycles. The van der Waals surface area contributed by atoms with Crippen LogP contribution in [0.1, 0.15) is 37.7 Å². The first-order valence-corrected chi connectivity index (χ1v) is 7.90. The van der Waals surface area contributed by atoms with Crippen molar-refractivity contribution in [3.05, 3.63) is 34.6 Å². The number of benzene rings is 1. The summed E-state index contributed by atoms with van der Waals surface area (Å²) < 4.78 is 13.4. The molecule has 2 heterocycles. The fraction of sp³-hybridized carbons (Fsp3) is 0.625. The van der Waals surface area contributed by atoms with Crippen LogP contribution >= 0.6 is 11.6 Å². The summed E-state index contributed by atoms with van der Waals surface area (Å²) in [5, 5.41) is 3.79. The summed E-state index contributed by atoms with van der Waals surface area (Å²) in [6.45, 7) is 0.724. The Hall–Kier alpha value is -0.640. The molecule has 2 aliphatic rings. The lowest BCUT2D eigenvalue weighted by molar-refractivity contribution is 0.0482. The molecule has 0 aliphatic carbocycles. The smallest absolute Gasteiger partial charge is 0.142 e. The van der Waals surface area contributed by atoms with E-state index in [1.165, 1.54) is 38.2 Å². The van der Waals surface area contributed by atoms with Gasteiger partial charge in [0.05, 0.1) is 5.02 Å². The van der Waals surface area contributed by atoms with E-state index in [4.69, 9.17) is 11.6 Å². The Morgan fingerprint density at radius 1 is 1.30 bits per heavy atom. The van der Waals surface area contributed by atoms with Crippen molar-refractivity contribution in [3.8, 4) is 0 Å². The maximum Gasteiger partial charge on any atom is 0.142 e. The standard InChI is InChI=1S/C16H22ClFN2/c1-20-13-3-2-4-14(20)9-12(8-13)19-10-11-5-6-15(17)16(18)7-11/h5-7,12-14,19H,2-4,8-10H2,1H3. The summed E-state index contributed by atoms with van der Waals surface area (Å²) in [4.78, 5) is 2.56. The van der Waals surface area contributed by atoms with E-state index in [1.807, 2.05) is 6.07 Å². The van der Waals surface area contributed by atoms with Gasteiger partial charge in [0.15, 0.2) is 0 Å². The van der Waals surface area contributed by atoms with Crippen LogP contribution in [0.2, 0.25) is 5.02 Å². The van der Waals surface area contributed by atoms with Gasteiger partial charge in [-0.25, -0.2) is 4.39 Å². The predicted octanol–water partition coefficient (Wildman–Crippen LogP) is 3.58. The third kappa shape index (κ3) is 3.00. The van der Waals surface area contributed by atoms with Gasteiger partial charge in [0.25, 0.3) is 0 Å². The van der Waals surface area contributed by atoms with Crippen LogP contribution in [0.15, 0.2) is 18.2 Å².